The van der Waals surface area contributed by atoms with Gasteiger partial charge >= 0.3 is 0 Å². The first-order chi connectivity index (χ1) is 9.96. The average molecular weight is 353 g/mol. The summed E-state index contributed by atoms with van der Waals surface area (Å²) in [5, 5.41) is 6.71. The van der Waals surface area contributed by atoms with Crippen molar-refractivity contribution in [3.63, 3.8) is 0 Å². The Morgan fingerprint density at radius 2 is 2.00 bits per heavy atom. The lowest BCUT2D eigenvalue weighted by atomic mass is 10.1. The van der Waals surface area contributed by atoms with Gasteiger partial charge in [0.15, 0.2) is 0 Å². The van der Waals surface area contributed by atoms with Gasteiger partial charge in [-0.05, 0) is 39.7 Å². The summed E-state index contributed by atoms with van der Waals surface area (Å²) in [6.45, 7) is 5.67. The number of aromatic amines is 1. The standard InChI is InChI=1S/C13H24N4O3S.ClH/c1-10-13(11(2)16-15-10)21(18,19)17-7-4-12(5-8-17)20-9-3-6-14;/h12H,3-9,14H2,1-2H3,(H,15,16);1H. The summed E-state index contributed by atoms with van der Waals surface area (Å²) in [4.78, 5) is 0.310. The number of rotatable bonds is 6. The molecular weight excluding hydrogens is 328 g/mol. The molecule has 1 saturated heterocycles. The van der Waals surface area contributed by atoms with Crippen LogP contribution >= 0.6 is 12.4 Å². The van der Waals surface area contributed by atoms with Crippen LogP contribution in [0.2, 0.25) is 0 Å². The van der Waals surface area contributed by atoms with Crippen LogP contribution in [0.3, 0.4) is 0 Å². The molecule has 22 heavy (non-hydrogen) atoms. The fourth-order valence-electron chi connectivity index (χ4n) is 2.62. The van der Waals surface area contributed by atoms with Gasteiger partial charge in [-0.15, -0.1) is 12.4 Å². The molecule has 1 aliphatic rings. The minimum absolute atomic E-state index is 0. The second-order valence-corrected chi connectivity index (χ2v) is 7.25. The minimum Gasteiger partial charge on any atom is -0.378 e. The number of aromatic nitrogens is 2. The van der Waals surface area contributed by atoms with Gasteiger partial charge in [0.25, 0.3) is 0 Å². The van der Waals surface area contributed by atoms with Crippen molar-refractivity contribution in [2.24, 2.45) is 5.73 Å². The highest BCUT2D eigenvalue weighted by atomic mass is 35.5. The maximum Gasteiger partial charge on any atom is 0.246 e. The molecule has 1 aromatic rings. The van der Waals surface area contributed by atoms with Crippen LogP contribution in [-0.2, 0) is 14.8 Å². The first kappa shape index (κ1) is 19.4. The Bertz CT molecular complexity index is 548. The molecule has 7 nitrogen and oxygen atoms in total. The molecule has 1 fully saturated rings. The predicted octanol–water partition coefficient (Wildman–Crippen LogP) is 0.967. The molecule has 0 bridgehead atoms. The van der Waals surface area contributed by atoms with E-state index in [4.69, 9.17) is 10.5 Å². The molecule has 9 heteroatoms. The van der Waals surface area contributed by atoms with Crippen LogP contribution in [0.15, 0.2) is 4.90 Å². The fraction of sp³-hybridized carbons (Fsp3) is 0.769. The zero-order valence-corrected chi connectivity index (χ0v) is 14.7. The third-order valence-electron chi connectivity index (χ3n) is 3.76. The van der Waals surface area contributed by atoms with Crippen molar-refractivity contribution in [2.75, 3.05) is 26.2 Å². The number of hydrogen-bond acceptors (Lipinski definition) is 5. The van der Waals surface area contributed by atoms with Crippen LogP contribution in [0.25, 0.3) is 0 Å². The molecule has 3 N–H and O–H groups in total. The van der Waals surface area contributed by atoms with Gasteiger partial charge in [-0.1, -0.05) is 0 Å². The number of nitrogens with two attached hydrogens (primary N) is 1. The number of aryl methyl sites for hydroxylation is 2. The van der Waals surface area contributed by atoms with Crippen molar-refractivity contribution in [2.45, 2.75) is 44.1 Å². The van der Waals surface area contributed by atoms with Crippen LogP contribution in [-0.4, -0.2) is 55.3 Å². The molecule has 1 aliphatic heterocycles. The van der Waals surface area contributed by atoms with Crippen LogP contribution in [0.4, 0.5) is 0 Å². The van der Waals surface area contributed by atoms with Gasteiger partial charge in [0.1, 0.15) is 4.90 Å². The first-order valence-corrected chi connectivity index (χ1v) is 8.74. The van der Waals surface area contributed by atoms with Gasteiger partial charge in [0.2, 0.25) is 10.0 Å². The largest absolute Gasteiger partial charge is 0.378 e. The van der Waals surface area contributed by atoms with Crippen molar-refractivity contribution in [3.05, 3.63) is 11.4 Å². The molecule has 0 aliphatic carbocycles. The number of nitrogens with zero attached hydrogens (tertiary/aromatic N) is 2. The lowest BCUT2D eigenvalue weighted by molar-refractivity contribution is 0.0209. The SMILES string of the molecule is Cc1n[nH]c(C)c1S(=O)(=O)N1CCC(OCCCN)CC1.Cl. The van der Waals surface area contributed by atoms with Crippen molar-refractivity contribution in [1.29, 1.82) is 0 Å². The molecule has 0 amide bonds. The van der Waals surface area contributed by atoms with Crippen LogP contribution < -0.4 is 5.73 Å². The molecule has 2 rings (SSSR count). The molecule has 2 heterocycles. The molecule has 0 radical (unpaired) electrons. The van der Waals surface area contributed by atoms with E-state index in [1.54, 1.807) is 13.8 Å². The summed E-state index contributed by atoms with van der Waals surface area (Å²) >= 11 is 0. The van der Waals surface area contributed by atoms with E-state index >= 15 is 0 Å². The Labute approximate surface area is 138 Å². The highest BCUT2D eigenvalue weighted by Gasteiger charge is 2.32. The molecule has 128 valence electrons. The Kier molecular flexibility index (Phi) is 7.27. The Balaban J connectivity index is 0.00000242. The Hall–Kier alpha value is -0.670. The smallest absolute Gasteiger partial charge is 0.246 e. The van der Waals surface area contributed by atoms with Crippen molar-refractivity contribution < 1.29 is 13.2 Å². The number of H-pyrrole nitrogens is 1. The van der Waals surface area contributed by atoms with Crippen molar-refractivity contribution >= 4 is 22.4 Å². The van der Waals surface area contributed by atoms with Crippen LogP contribution in [0.1, 0.15) is 30.7 Å². The second-order valence-electron chi connectivity index (χ2n) is 5.38. The lowest BCUT2D eigenvalue weighted by Crippen LogP contribution is -2.41. The Morgan fingerprint density at radius 1 is 1.36 bits per heavy atom. The molecule has 0 saturated carbocycles. The van der Waals surface area contributed by atoms with E-state index in [2.05, 4.69) is 10.2 Å². The fourth-order valence-corrected chi connectivity index (χ4v) is 4.42. The van der Waals surface area contributed by atoms with Gasteiger partial charge in [-0.25, -0.2) is 8.42 Å². The highest BCUT2D eigenvalue weighted by molar-refractivity contribution is 7.89. The number of ether oxygens (including phenoxy) is 1. The highest BCUT2D eigenvalue weighted by Crippen LogP contribution is 2.25. The van der Waals surface area contributed by atoms with Crippen LogP contribution in [0, 0.1) is 13.8 Å². The minimum atomic E-state index is -3.46. The van der Waals surface area contributed by atoms with E-state index in [1.165, 1.54) is 4.31 Å². The summed E-state index contributed by atoms with van der Waals surface area (Å²) in [5.41, 5.74) is 6.54. The number of sulfonamides is 1. The van der Waals surface area contributed by atoms with E-state index in [1.807, 2.05) is 0 Å². The summed E-state index contributed by atoms with van der Waals surface area (Å²) in [6.07, 6.45) is 2.42. The van der Waals surface area contributed by atoms with Gasteiger partial charge in [-0.3, -0.25) is 5.10 Å². The quantitative estimate of drug-likeness (QED) is 0.743. The summed E-state index contributed by atoms with van der Waals surface area (Å²) < 4.78 is 32.6. The Morgan fingerprint density at radius 3 is 2.50 bits per heavy atom. The monoisotopic (exact) mass is 352 g/mol. The third kappa shape index (κ3) is 4.20. The predicted molar refractivity (Wildman–Crippen MR) is 86.7 cm³/mol. The lowest BCUT2D eigenvalue weighted by Gasteiger charge is -2.31. The molecule has 0 spiro atoms. The number of halogens is 1. The topological polar surface area (TPSA) is 101 Å². The number of hydrogen-bond donors (Lipinski definition) is 2. The van der Waals surface area contributed by atoms with Crippen LogP contribution in [0.5, 0.6) is 0 Å². The summed E-state index contributed by atoms with van der Waals surface area (Å²) in [5.74, 6) is 0. The second kappa shape index (κ2) is 8.26. The maximum absolute atomic E-state index is 12.7. The zero-order chi connectivity index (χ0) is 15.5. The van der Waals surface area contributed by atoms with E-state index in [0.717, 1.165) is 19.3 Å². The molecule has 0 atom stereocenters. The van der Waals surface area contributed by atoms with Crippen molar-refractivity contribution in [1.82, 2.24) is 14.5 Å². The molecule has 1 aromatic heterocycles. The van der Waals surface area contributed by atoms with E-state index in [-0.39, 0.29) is 18.5 Å². The van der Waals surface area contributed by atoms with Gasteiger partial charge in [0.05, 0.1) is 17.5 Å². The molecule has 0 unspecified atom stereocenters. The van der Waals surface area contributed by atoms with Gasteiger partial charge < -0.3 is 10.5 Å². The maximum atomic E-state index is 12.7. The average Bonchev–Trinajstić information content (AvgIpc) is 2.79. The summed E-state index contributed by atoms with van der Waals surface area (Å²) in [7, 11) is -3.46. The molecular formula is C13H25ClN4O3S. The third-order valence-corrected chi connectivity index (χ3v) is 5.92. The normalized spacial score (nSPS) is 17.4. The van der Waals surface area contributed by atoms with E-state index in [9.17, 15) is 8.42 Å². The van der Waals surface area contributed by atoms with Crippen molar-refractivity contribution in [3.8, 4) is 0 Å². The van der Waals surface area contributed by atoms with E-state index in [0.29, 0.717) is 42.5 Å². The van der Waals surface area contributed by atoms with E-state index < -0.39 is 10.0 Å². The van der Waals surface area contributed by atoms with Gasteiger partial charge in [0, 0.05) is 19.7 Å². The van der Waals surface area contributed by atoms with Gasteiger partial charge in [-0.2, -0.15) is 9.40 Å². The number of piperidine rings is 1. The molecule has 0 aromatic carbocycles. The zero-order valence-electron chi connectivity index (χ0n) is 13.0. The number of nitrogens with one attached hydrogen (secondary N) is 1. The summed E-state index contributed by atoms with van der Waals surface area (Å²) in [6, 6.07) is 0. The first-order valence-electron chi connectivity index (χ1n) is 7.30.